The van der Waals surface area contributed by atoms with E-state index in [0.717, 1.165) is 10.0 Å². The van der Waals surface area contributed by atoms with E-state index in [1.807, 2.05) is 29.2 Å². The first-order chi connectivity index (χ1) is 11.0. The van der Waals surface area contributed by atoms with E-state index in [9.17, 15) is 0 Å². The first-order valence-electron chi connectivity index (χ1n) is 7.25. The monoisotopic (exact) mass is 394 g/mol. The molecular formula is C16H19BrN4OS. The number of nitrogens with zero attached hydrogens (tertiary/aromatic N) is 3. The van der Waals surface area contributed by atoms with E-state index in [1.165, 1.54) is 0 Å². The zero-order chi connectivity index (χ0) is 16.8. The molecule has 0 fully saturated rings. The fourth-order valence-electron chi connectivity index (χ4n) is 1.96. The molecule has 0 saturated heterocycles. The van der Waals surface area contributed by atoms with Gasteiger partial charge in [-0.3, -0.25) is 0 Å². The molecule has 0 bridgehead atoms. The Morgan fingerprint density at radius 1 is 1.43 bits per heavy atom. The van der Waals surface area contributed by atoms with Gasteiger partial charge in [0.2, 0.25) is 11.8 Å². The number of hydrogen-bond acceptors (Lipinski definition) is 4. The van der Waals surface area contributed by atoms with Gasteiger partial charge in [0.25, 0.3) is 0 Å². The standard InChI is InChI=1S/C16H19BrN4OS/c1-4-9-18-16(23)21(11(2)3)10-14-19-20-15(22-14)12-7-5-6-8-13(12)17/h4-8,11H,1,9-10H2,2-3H3,(H,18,23). The van der Waals surface area contributed by atoms with E-state index in [4.69, 9.17) is 16.6 Å². The Morgan fingerprint density at radius 2 is 2.17 bits per heavy atom. The van der Waals surface area contributed by atoms with Gasteiger partial charge in [0.15, 0.2) is 5.11 Å². The van der Waals surface area contributed by atoms with Crippen molar-refractivity contribution >= 4 is 33.3 Å². The van der Waals surface area contributed by atoms with Crippen LogP contribution in [0, 0.1) is 0 Å². The summed E-state index contributed by atoms with van der Waals surface area (Å²) in [5.74, 6) is 1.01. The van der Waals surface area contributed by atoms with Crippen molar-refractivity contribution in [2.75, 3.05) is 6.54 Å². The predicted octanol–water partition coefficient (Wildman–Crippen LogP) is 3.77. The molecule has 2 rings (SSSR count). The molecule has 1 N–H and O–H groups in total. The molecule has 0 aliphatic carbocycles. The first-order valence-corrected chi connectivity index (χ1v) is 8.45. The molecule has 0 unspecified atom stereocenters. The molecule has 5 nitrogen and oxygen atoms in total. The molecule has 7 heteroatoms. The van der Waals surface area contributed by atoms with E-state index in [1.54, 1.807) is 6.08 Å². The average molecular weight is 395 g/mol. The van der Waals surface area contributed by atoms with Crippen LogP contribution in [0.5, 0.6) is 0 Å². The third-order valence-corrected chi connectivity index (χ3v) is 4.23. The molecule has 0 aliphatic heterocycles. The minimum atomic E-state index is 0.207. The minimum absolute atomic E-state index is 0.207. The van der Waals surface area contributed by atoms with Crippen molar-refractivity contribution < 1.29 is 4.42 Å². The Labute approximate surface area is 149 Å². The molecule has 0 spiro atoms. The summed E-state index contributed by atoms with van der Waals surface area (Å²) in [6.45, 7) is 8.88. The summed E-state index contributed by atoms with van der Waals surface area (Å²) >= 11 is 8.90. The highest BCUT2D eigenvalue weighted by Gasteiger charge is 2.18. The van der Waals surface area contributed by atoms with E-state index in [2.05, 4.69) is 51.9 Å². The van der Waals surface area contributed by atoms with Crippen LogP contribution in [0.25, 0.3) is 11.5 Å². The van der Waals surface area contributed by atoms with Crippen LogP contribution in [-0.4, -0.2) is 32.8 Å². The molecule has 122 valence electrons. The molecule has 0 amide bonds. The highest BCUT2D eigenvalue weighted by atomic mass is 79.9. The van der Waals surface area contributed by atoms with Crippen LogP contribution in [-0.2, 0) is 6.54 Å². The lowest BCUT2D eigenvalue weighted by atomic mass is 10.2. The van der Waals surface area contributed by atoms with E-state index in [-0.39, 0.29) is 6.04 Å². The summed E-state index contributed by atoms with van der Waals surface area (Å²) in [6.07, 6.45) is 1.77. The molecule has 0 atom stereocenters. The summed E-state index contributed by atoms with van der Waals surface area (Å²) in [5.41, 5.74) is 0.870. The van der Waals surface area contributed by atoms with Crippen molar-refractivity contribution in [3.05, 3.63) is 47.3 Å². The Hall–Kier alpha value is -1.73. The minimum Gasteiger partial charge on any atom is -0.419 e. The Bertz CT molecular complexity index is 686. The van der Waals surface area contributed by atoms with Crippen LogP contribution < -0.4 is 5.32 Å². The van der Waals surface area contributed by atoms with E-state index < -0.39 is 0 Å². The van der Waals surface area contributed by atoms with E-state index >= 15 is 0 Å². The lowest BCUT2D eigenvalue weighted by Gasteiger charge is -2.27. The Kier molecular flexibility index (Phi) is 6.29. The van der Waals surface area contributed by atoms with Gasteiger partial charge < -0.3 is 14.6 Å². The second-order valence-electron chi connectivity index (χ2n) is 5.18. The van der Waals surface area contributed by atoms with Crippen LogP contribution in [0.1, 0.15) is 19.7 Å². The lowest BCUT2D eigenvalue weighted by Crippen LogP contribution is -2.43. The zero-order valence-corrected chi connectivity index (χ0v) is 15.5. The fourth-order valence-corrected chi connectivity index (χ4v) is 2.77. The Morgan fingerprint density at radius 3 is 2.83 bits per heavy atom. The first kappa shape index (κ1) is 17.6. The summed E-state index contributed by atoms with van der Waals surface area (Å²) in [5, 5.41) is 12.0. The summed E-state index contributed by atoms with van der Waals surface area (Å²) in [4.78, 5) is 2.00. The van der Waals surface area contributed by atoms with Crippen LogP contribution in [0.3, 0.4) is 0 Å². The van der Waals surface area contributed by atoms with Gasteiger partial charge in [-0.2, -0.15) is 0 Å². The lowest BCUT2D eigenvalue weighted by molar-refractivity contribution is 0.302. The number of hydrogen-bond donors (Lipinski definition) is 1. The van der Waals surface area contributed by atoms with Gasteiger partial charge in [0.05, 0.1) is 12.1 Å². The summed E-state index contributed by atoms with van der Waals surface area (Å²) < 4.78 is 6.70. The van der Waals surface area contributed by atoms with Crippen molar-refractivity contribution in [1.29, 1.82) is 0 Å². The third-order valence-electron chi connectivity index (χ3n) is 3.16. The SMILES string of the molecule is C=CCNC(=S)N(Cc1nnc(-c2ccccc2Br)o1)C(C)C. The van der Waals surface area contributed by atoms with Gasteiger partial charge in [-0.15, -0.1) is 16.8 Å². The van der Waals surface area contributed by atoms with Crippen molar-refractivity contribution in [2.45, 2.75) is 26.4 Å². The molecule has 1 aromatic carbocycles. The third kappa shape index (κ3) is 4.62. The van der Waals surface area contributed by atoms with E-state index in [0.29, 0.717) is 30.0 Å². The molecule has 0 aliphatic rings. The smallest absolute Gasteiger partial charge is 0.248 e. The summed E-state index contributed by atoms with van der Waals surface area (Å²) in [7, 11) is 0. The molecule has 1 aromatic heterocycles. The normalized spacial score (nSPS) is 10.6. The number of rotatable bonds is 6. The predicted molar refractivity (Wildman–Crippen MR) is 98.9 cm³/mol. The topological polar surface area (TPSA) is 54.2 Å². The highest BCUT2D eigenvalue weighted by molar-refractivity contribution is 9.10. The summed E-state index contributed by atoms with van der Waals surface area (Å²) in [6, 6.07) is 7.94. The largest absolute Gasteiger partial charge is 0.419 e. The van der Waals surface area contributed by atoms with Gasteiger partial charge in [0.1, 0.15) is 0 Å². The van der Waals surface area contributed by atoms with Crippen LogP contribution in [0.15, 0.2) is 45.8 Å². The van der Waals surface area contributed by atoms with Crippen LogP contribution in [0.4, 0.5) is 0 Å². The van der Waals surface area contributed by atoms with Gasteiger partial charge in [-0.1, -0.05) is 18.2 Å². The van der Waals surface area contributed by atoms with Crippen molar-refractivity contribution in [2.24, 2.45) is 0 Å². The van der Waals surface area contributed by atoms with Gasteiger partial charge >= 0.3 is 0 Å². The molecule has 0 saturated carbocycles. The maximum Gasteiger partial charge on any atom is 0.248 e. The van der Waals surface area contributed by atoms with Gasteiger partial charge in [-0.25, -0.2) is 0 Å². The number of benzene rings is 1. The molecule has 1 heterocycles. The maximum atomic E-state index is 5.78. The number of aromatic nitrogens is 2. The second kappa shape index (κ2) is 8.21. The maximum absolute atomic E-state index is 5.78. The second-order valence-corrected chi connectivity index (χ2v) is 6.42. The number of thiocarbonyl (C=S) groups is 1. The Balaban J connectivity index is 2.14. The molecule has 2 aromatic rings. The number of nitrogens with one attached hydrogen (secondary N) is 1. The van der Waals surface area contributed by atoms with Crippen LogP contribution >= 0.6 is 28.1 Å². The van der Waals surface area contributed by atoms with Crippen molar-refractivity contribution in [3.8, 4) is 11.5 Å². The van der Waals surface area contributed by atoms with Gasteiger partial charge in [0, 0.05) is 17.1 Å². The van der Waals surface area contributed by atoms with Crippen LogP contribution in [0.2, 0.25) is 0 Å². The quantitative estimate of drug-likeness (QED) is 0.594. The average Bonchev–Trinajstić information content (AvgIpc) is 2.99. The van der Waals surface area contributed by atoms with Gasteiger partial charge in [-0.05, 0) is 54.1 Å². The molecule has 23 heavy (non-hydrogen) atoms. The molecular weight excluding hydrogens is 376 g/mol. The molecule has 0 radical (unpaired) electrons. The van der Waals surface area contributed by atoms with Crippen molar-refractivity contribution in [1.82, 2.24) is 20.4 Å². The fraction of sp³-hybridized carbons (Fsp3) is 0.312. The zero-order valence-electron chi connectivity index (χ0n) is 13.1. The van der Waals surface area contributed by atoms with Crippen molar-refractivity contribution in [3.63, 3.8) is 0 Å². The number of halogens is 1. The highest BCUT2D eigenvalue weighted by Crippen LogP contribution is 2.26.